The second-order valence-electron chi connectivity index (χ2n) is 3.41. The van der Waals surface area contributed by atoms with Gasteiger partial charge in [-0.25, -0.2) is 17.6 Å². The zero-order valence-electron chi connectivity index (χ0n) is 8.25. The van der Waals surface area contributed by atoms with Gasteiger partial charge in [0.25, 0.3) is 0 Å². The fourth-order valence-electron chi connectivity index (χ4n) is 1.11. The summed E-state index contributed by atoms with van der Waals surface area (Å²) in [6.07, 6.45) is 5.88. The quantitative estimate of drug-likeness (QED) is 0.512. The van der Waals surface area contributed by atoms with E-state index in [9.17, 15) is 13.0 Å². The Morgan fingerprint density at radius 1 is 1.57 bits per heavy atom. The van der Waals surface area contributed by atoms with Gasteiger partial charge in [0.1, 0.15) is 12.4 Å². The average molecular weight is 218 g/mol. The summed E-state index contributed by atoms with van der Waals surface area (Å²) >= 11 is 0. The second-order valence-corrected chi connectivity index (χ2v) is 5.20. The molecule has 1 heterocycles. The SMILES string of the molecule is CC(CCn1cc[n+](C)c1)S(=O)(=O)[O-]. The number of aromatic nitrogens is 2. The van der Waals surface area contributed by atoms with Crippen molar-refractivity contribution in [1.82, 2.24) is 4.57 Å². The first-order chi connectivity index (χ1) is 6.39. The molecule has 1 unspecified atom stereocenters. The largest absolute Gasteiger partial charge is 0.748 e. The Morgan fingerprint density at radius 3 is 2.64 bits per heavy atom. The maximum atomic E-state index is 10.6. The highest BCUT2D eigenvalue weighted by molar-refractivity contribution is 7.86. The van der Waals surface area contributed by atoms with Crippen LogP contribution in [-0.2, 0) is 23.7 Å². The molecule has 1 aromatic heterocycles. The van der Waals surface area contributed by atoms with Gasteiger partial charge >= 0.3 is 0 Å². The predicted molar refractivity (Wildman–Crippen MR) is 49.4 cm³/mol. The van der Waals surface area contributed by atoms with Gasteiger partial charge in [-0.05, 0) is 6.92 Å². The van der Waals surface area contributed by atoms with Crippen molar-refractivity contribution < 1.29 is 17.5 Å². The fourth-order valence-corrected chi connectivity index (χ4v) is 1.50. The van der Waals surface area contributed by atoms with Crippen molar-refractivity contribution in [2.75, 3.05) is 0 Å². The lowest BCUT2D eigenvalue weighted by molar-refractivity contribution is -0.671. The number of hydrogen-bond donors (Lipinski definition) is 0. The lowest BCUT2D eigenvalue weighted by Gasteiger charge is -2.14. The van der Waals surface area contributed by atoms with Crippen LogP contribution in [0.1, 0.15) is 13.3 Å². The van der Waals surface area contributed by atoms with E-state index in [0.717, 1.165) is 0 Å². The lowest BCUT2D eigenvalue weighted by Crippen LogP contribution is -2.24. The van der Waals surface area contributed by atoms with Crippen LogP contribution in [0.5, 0.6) is 0 Å². The van der Waals surface area contributed by atoms with Crippen molar-refractivity contribution in [2.24, 2.45) is 7.05 Å². The number of nitrogens with zero attached hydrogens (tertiary/aromatic N) is 2. The van der Waals surface area contributed by atoms with Gasteiger partial charge in [-0.1, -0.05) is 0 Å². The number of rotatable bonds is 4. The highest BCUT2D eigenvalue weighted by Crippen LogP contribution is 2.04. The molecule has 14 heavy (non-hydrogen) atoms. The molecular formula is C8H14N2O3S. The molecule has 0 bridgehead atoms. The summed E-state index contributed by atoms with van der Waals surface area (Å²) in [6.45, 7) is 1.98. The molecule has 0 aliphatic carbocycles. The summed E-state index contributed by atoms with van der Waals surface area (Å²) < 4.78 is 35.5. The molecule has 5 nitrogen and oxygen atoms in total. The monoisotopic (exact) mass is 218 g/mol. The van der Waals surface area contributed by atoms with Gasteiger partial charge in [-0.2, -0.15) is 0 Å². The van der Waals surface area contributed by atoms with E-state index in [2.05, 4.69) is 0 Å². The van der Waals surface area contributed by atoms with Crippen LogP contribution in [0.4, 0.5) is 0 Å². The van der Waals surface area contributed by atoms with Crippen LogP contribution in [-0.4, -0.2) is 22.8 Å². The molecule has 0 aromatic carbocycles. The predicted octanol–water partition coefficient (Wildman–Crippen LogP) is -0.364. The van der Waals surface area contributed by atoms with Gasteiger partial charge < -0.3 is 4.55 Å². The Labute approximate surface area is 83.7 Å². The summed E-state index contributed by atoms with van der Waals surface area (Å²) in [4.78, 5) is 0. The highest BCUT2D eigenvalue weighted by atomic mass is 32.2. The zero-order chi connectivity index (χ0) is 10.8. The van der Waals surface area contributed by atoms with E-state index in [0.29, 0.717) is 13.0 Å². The van der Waals surface area contributed by atoms with Gasteiger partial charge in [0, 0.05) is 6.42 Å². The average Bonchev–Trinajstić information content (AvgIpc) is 2.45. The maximum Gasteiger partial charge on any atom is 0.243 e. The zero-order valence-corrected chi connectivity index (χ0v) is 9.07. The molecule has 6 heteroatoms. The molecule has 0 fully saturated rings. The topological polar surface area (TPSA) is 66.0 Å². The number of hydrogen-bond acceptors (Lipinski definition) is 3. The standard InChI is InChI=1S/C8H14N2O3S/c1-8(14(11,12)13)3-4-10-6-5-9(2)7-10/h5-8H,3-4H2,1-2H3. The minimum atomic E-state index is -4.14. The van der Waals surface area contributed by atoms with Crippen molar-refractivity contribution >= 4 is 10.1 Å². The van der Waals surface area contributed by atoms with Crippen LogP contribution in [0.25, 0.3) is 0 Å². The molecule has 1 aromatic rings. The molecule has 0 amide bonds. The molecule has 0 spiro atoms. The van der Waals surface area contributed by atoms with Crippen molar-refractivity contribution in [1.29, 1.82) is 0 Å². The highest BCUT2D eigenvalue weighted by Gasteiger charge is 2.11. The van der Waals surface area contributed by atoms with Gasteiger partial charge in [0.05, 0.1) is 29.0 Å². The van der Waals surface area contributed by atoms with Crippen LogP contribution in [0.15, 0.2) is 18.7 Å². The summed E-state index contributed by atoms with van der Waals surface area (Å²) in [5.74, 6) is 0. The van der Waals surface area contributed by atoms with E-state index in [1.54, 1.807) is 0 Å². The lowest BCUT2D eigenvalue weighted by atomic mass is 10.3. The molecule has 0 saturated carbocycles. The van der Waals surface area contributed by atoms with Gasteiger partial charge in [0.2, 0.25) is 6.33 Å². The molecule has 0 saturated heterocycles. The first-order valence-electron chi connectivity index (χ1n) is 4.35. The molecule has 1 atom stereocenters. The van der Waals surface area contributed by atoms with Crippen LogP contribution >= 0.6 is 0 Å². The van der Waals surface area contributed by atoms with E-state index in [1.165, 1.54) is 6.92 Å². The summed E-state index contributed by atoms with van der Waals surface area (Å²) in [6, 6.07) is 0. The minimum Gasteiger partial charge on any atom is -0.748 e. The van der Waals surface area contributed by atoms with Crippen molar-refractivity contribution in [3.8, 4) is 0 Å². The molecular weight excluding hydrogens is 204 g/mol. The Hall–Kier alpha value is -0.880. The van der Waals surface area contributed by atoms with E-state index in [1.807, 2.05) is 34.9 Å². The normalized spacial score (nSPS) is 14.2. The molecule has 0 N–H and O–H groups in total. The maximum absolute atomic E-state index is 10.6. The number of aryl methyl sites for hydroxylation is 2. The summed E-state index contributed by atoms with van der Waals surface area (Å²) in [7, 11) is -2.26. The molecule has 80 valence electrons. The third kappa shape index (κ3) is 3.12. The first-order valence-corrected chi connectivity index (χ1v) is 5.82. The van der Waals surface area contributed by atoms with Gasteiger partial charge in [-0.15, -0.1) is 0 Å². The second kappa shape index (κ2) is 4.10. The van der Waals surface area contributed by atoms with Gasteiger partial charge in [-0.3, -0.25) is 0 Å². The fraction of sp³-hybridized carbons (Fsp3) is 0.625. The third-order valence-corrected chi connectivity index (χ3v) is 3.33. The smallest absolute Gasteiger partial charge is 0.243 e. The van der Waals surface area contributed by atoms with Gasteiger partial charge in [0.15, 0.2) is 0 Å². The summed E-state index contributed by atoms with van der Waals surface area (Å²) in [5, 5.41) is -0.824. The van der Waals surface area contributed by atoms with Crippen LogP contribution in [0.3, 0.4) is 0 Å². The first kappa shape index (κ1) is 11.2. The molecule has 1 rings (SSSR count). The van der Waals surface area contributed by atoms with Crippen LogP contribution < -0.4 is 4.57 Å². The minimum absolute atomic E-state index is 0.348. The Balaban J connectivity index is 2.50. The van der Waals surface area contributed by atoms with Crippen LogP contribution in [0.2, 0.25) is 0 Å². The van der Waals surface area contributed by atoms with E-state index >= 15 is 0 Å². The Morgan fingerprint density at radius 2 is 2.21 bits per heavy atom. The van der Waals surface area contributed by atoms with E-state index in [-0.39, 0.29) is 0 Å². The third-order valence-electron chi connectivity index (χ3n) is 2.11. The summed E-state index contributed by atoms with van der Waals surface area (Å²) in [5.41, 5.74) is 0. The van der Waals surface area contributed by atoms with Crippen molar-refractivity contribution in [3.05, 3.63) is 18.7 Å². The van der Waals surface area contributed by atoms with Crippen LogP contribution in [0, 0.1) is 0 Å². The van der Waals surface area contributed by atoms with Crippen molar-refractivity contribution in [2.45, 2.75) is 25.1 Å². The Bertz CT molecular complexity index is 396. The Kier molecular flexibility index (Phi) is 3.28. The molecule has 0 radical (unpaired) electrons. The number of imidazole rings is 1. The molecule has 0 aliphatic heterocycles. The molecule has 0 aliphatic rings. The van der Waals surface area contributed by atoms with E-state index < -0.39 is 15.4 Å². The van der Waals surface area contributed by atoms with Crippen molar-refractivity contribution in [3.63, 3.8) is 0 Å². The van der Waals surface area contributed by atoms with E-state index in [4.69, 9.17) is 0 Å².